The van der Waals surface area contributed by atoms with Crippen molar-refractivity contribution < 1.29 is 27.8 Å². The van der Waals surface area contributed by atoms with Crippen molar-refractivity contribution in [1.29, 1.82) is 0 Å². The van der Waals surface area contributed by atoms with E-state index in [1.807, 2.05) is 78.3 Å². The van der Waals surface area contributed by atoms with Crippen LogP contribution in [0.15, 0.2) is 106 Å². The summed E-state index contributed by atoms with van der Waals surface area (Å²) >= 11 is 12.3. The molecule has 4 aromatic heterocycles. The SMILES string of the molecule is CCc1nc2c(cnn2CC)c(NC2CCOCC2)c1CNC(=O)c1cccc(CCl)c1.CCc1nc2c(cnn2CC)c(NC2CCOCC2)c1CNC(=O)c1cccc(CN(C)Cc2ccc(F)c(Br)c2)c1.CNCc1ccc(F)c(Br)c1. The Hall–Kier alpha value is -6.39. The number of halogens is 5. The molecular formula is C64H77Br2ClF2N12O4. The first kappa shape index (κ1) is 64.6. The van der Waals surface area contributed by atoms with Crippen molar-refractivity contribution in [2.75, 3.05) is 51.2 Å². The van der Waals surface area contributed by atoms with Gasteiger partial charge < -0.3 is 36.1 Å². The number of rotatable bonds is 21. The van der Waals surface area contributed by atoms with E-state index in [4.69, 9.17) is 31.0 Å². The maximum Gasteiger partial charge on any atom is 0.251 e. The number of carbonyl (C=O) groups is 2. The zero-order valence-electron chi connectivity index (χ0n) is 49.3. The number of hydrogen-bond donors (Lipinski definition) is 5. The van der Waals surface area contributed by atoms with Gasteiger partial charge in [0.05, 0.1) is 43.5 Å². The van der Waals surface area contributed by atoms with Crippen LogP contribution in [-0.2, 0) is 74.0 Å². The lowest BCUT2D eigenvalue weighted by atomic mass is 10.0. The molecule has 2 saturated heterocycles. The highest BCUT2D eigenvalue weighted by atomic mass is 79.9. The molecule has 2 amide bonds. The Kier molecular flexibility index (Phi) is 24.2. The summed E-state index contributed by atoms with van der Waals surface area (Å²) in [5.74, 6) is -0.373. The van der Waals surface area contributed by atoms with Gasteiger partial charge in [0.15, 0.2) is 11.3 Å². The third-order valence-electron chi connectivity index (χ3n) is 15.0. The second-order valence-electron chi connectivity index (χ2n) is 21.1. The van der Waals surface area contributed by atoms with Crippen LogP contribution in [0.25, 0.3) is 22.1 Å². The van der Waals surface area contributed by atoms with E-state index in [-0.39, 0.29) is 29.5 Å². The molecule has 10 rings (SSSR count). The van der Waals surface area contributed by atoms with Crippen LogP contribution in [0.5, 0.6) is 0 Å². The van der Waals surface area contributed by atoms with Crippen molar-refractivity contribution in [3.05, 3.63) is 174 Å². The Morgan fingerprint density at radius 3 is 1.49 bits per heavy atom. The van der Waals surface area contributed by atoms with Gasteiger partial charge in [-0.3, -0.25) is 14.5 Å². The van der Waals surface area contributed by atoms with E-state index in [1.54, 1.807) is 30.3 Å². The minimum atomic E-state index is -0.274. The number of nitrogens with zero attached hydrogens (tertiary/aromatic N) is 7. The summed E-state index contributed by atoms with van der Waals surface area (Å²) < 4.78 is 42.2. The number of nitrogens with one attached hydrogen (secondary N) is 5. The molecule has 16 nitrogen and oxygen atoms in total. The van der Waals surface area contributed by atoms with E-state index in [0.29, 0.717) is 58.2 Å². The van der Waals surface area contributed by atoms with Crippen LogP contribution >= 0.6 is 43.5 Å². The molecule has 0 saturated carbocycles. The summed E-state index contributed by atoms with van der Waals surface area (Å²) in [6.07, 6.45) is 9.02. The van der Waals surface area contributed by atoms with Crippen LogP contribution in [-0.4, -0.2) is 98.8 Å². The minimum absolute atomic E-state index is 0.125. The van der Waals surface area contributed by atoms with Crippen molar-refractivity contribution in [1.82, 2.24) is 50.4 Å². The van der Waals surface area contributed by atoms with Crippen LogP contribution < -0.4 is 26.6 Å². The highest BCUT2D eigenvalue weighted by molar-refractivity contribution is 9.10. The van der Waals surface area contributed by atoms with Crippen LogP contribution in [0, 0.1) is 11.6 Å². The first-order valence-electron chi connectivity index (χ1n) is 29.2. The summed E-state index contributed by atoms with van der Waals surface area (Å²) in [5.41, 5.74) is 12.9. The quantitative estimate of drug-likeness (QED) is 0.0431. The van der Waals surface area contributed by atoms with Gasteiger partial charge in [-0.05, 0) is 169 Å². The fraction of sp³-hybridized carbons (Fsp3) is 0.406. The summed E-state index contributed by atoms with van der Waals surface area (Å²) in [6, 6.07) is 25.7. The van der Waals surface area contributed by atoms with Gasteiger partial charge in [-0.15, -0.1) is 11.6 Å². The average Bonchev–Trinajstić information content (AvgIpc) is 3.44. The average molecular weight is 1310 g/mol. The summed E-state index contributed by atoms with van der Waals surface area (Å²) in [5, 5.41) is 27.8. The van der Waals surface area contributed by atoms with E-state index < -0.39 is 0 Å². The number of aryl methyl sites for hydroxylation is 4. The Labute approximate surface area is 518 Å². The Bertz CT molecular complexity index is 3540. The normalized spacial score (nSPS) is 13.7. The largest absolute Gasteiger partial charge is 0.381 e. The molecule has 4 aromatic carbocycles. The number of hydrogen-bond acceptors (Lipinski definition) is 12. The van der Waals surface area contributed by atoms with E-state index in [9.17, 15) is 18.4 Å². The molecular weight excluding hydrogens is 1230 g/mol. The molecule has 0 unspecified atom stereocenters. The molecule has 2 aliphatic rings. The zero-order valence-corrected chi connectivity index (χ0v) is 53.2. The molecule has 5 N–H and O–H groups in total. The third-order valence-corrected chi connectivity index (χ3v) is 16.5. The summed E-state index contributed by atoms with van der Waals surface area (Å²) in [7, 11) is 3.87. The molecule has 85 heavy (non-hydrogen) atoms. The molecule has 2 aliphatic heterocycles. The van der Waals surface area contributed by atoms with Gasteiger partial charge in [-0.1, -0.05) is 50.2 Å². The third kappa shape index (κ3) is 17.2. The van der Waals surface area contributed by atoms with Crippen molar-refractivity contribution in [2.45, 2.75) is 130 Å². The van der Waals surface area contributed by atoms with Gasteiger partial charge in [0, 0.05) is 124 Å². The summed E-state index contributed by atoms with van der Waals surface area (Å²) in [6.45, 7) is 15.6. The topological polar surface area (TPSA) is 177 Å². The molecule has 0 bridgehead atoms. The van der Waals surface area contributed by atoms with Crippen LogP contribution in [0.2, 0.25) is 0 Å². The Morgan fingerprint density at radius 1 is 0.624 bits per heavy atom. The summed E-state index contributed by atoms with van der Waals surface area (Å²) in [4.78, 5) is 38.3. The van der Waals surface area contributed by atoms with Gasteiger partial charge in [-0.2, -0.15) is 10.2 Å². The first-order chi connectivity index (χ1) is 41.2. The number of ether oxygens (including phenoxy) is 2. The van der Waals surface area contributed by atoms with Crippen LogP contribution in [0.1, 0.15) is 119 Å². The smallest absolute Gasteiger partial charge is 0.251 e. The molecule has 0 radical (unpaired) electrons. The number of anilines is 2. The molecule has 21 heteroatoms. The fourth-order valence-electron chi connectivity index (χ4n) is 10.5. The van der Waals surface area contributed by atoms with E-state index in [2.05, 4.69) is 101 Å². The minimum Gasteiger partial charge on any atom is -0.381 e. The molecule has 0 aliphatic carbocycles. The lowest BCUT2D eigenvalue weighted by Gasteiger charge is -2.26. The molecule has 0 atom stereocenters. The molecule has 6 heterocycles. The molecule has 452 valence electrons. The van der Waals surface area contributed by atoms with Crippen molar-refractivity contribution in [3.63, 3.8) is 0 Å². The van der Waals surface area contributed by atoms with E-state index in [1.165, 1.54) is 12.1 Å². The number of alkyl halides is 1. The highest BCUT2D eigenvalue weighted by Crippen LogP contribution is 2.33. The number of aromatic nitrogens is 6. The lowest BCUT2D eigenvalue weighted by molar-refractivity contribution is 0.0903. The number of benzene rings is 4. The number of fused-ring (bicyclic) bond motifs is 2. The second kappa shape index (κ2) is 31.8. The maximum atomic E-state index is 13.6. The monoisotopic (exact) mass is 1310 g/mol. The van der Waals surface area contributed by atoms with Gasteiger partial charge in [0.25, 0.3) is 11.8 Å². The zero-order chi connectivity index (χ0) is 60.4. The van der Waals surface area contributed by atoms with Gasteiger partial charge in [0.2, 0.25) is 0 Å². The second-order valence-corrected chi connectivity index (χ2v) is 23.1. The predicted molar refractivity (Wildman–Crippen MR) is 341 cm³/mol. The molecule has 0 spiro atoms. The number of amides is 2. The predicted octanol–water partition coefficient (Wildman–Crippen LogP) is 12.6. The van der Waals surface area contributed by atoms with Gasteiger partial charge in [0.1, 0.15) is 11.6 Å². The van der Waals surface area contributed by atoms with Crippen LogP contribution in [0.3, 0.4) is 0 Å². The lowest BCUT2D eigenvalue weighted by Crippen LogP contribution is -2.30. The van der Waals surface area contributed by atoms with Crippen molar-refractivity contribution in [2.24, 2.45) is 0 Å². The Balaban J connectivity index is 0.000000192. The standard InChI is InChI=1S/C32H38BrFN6O2.C24H30ClN5O2.C8H9BrFN/c1-4-29-25(30(37-24-11-13-42-14-12-24)26-18-36-40(5-2)31(26)38-29)17-35-32(41)23-8-6-7-21(15-23)19-39(3)20-22-9-10-28(34)27(33)16-22;1-3-21-19(14-26-24(31)17-7-5-6-16(12-17)13-25)22(28-18-8-10-32-11-9-18)20-15-27-30(4-2)23(20)29-21;1-11-5-6-2-3-8(10)7(9)4-6/h6-10,15-16,18,24H,4-5,11-14,17,19-20H2,1-3H3,(H,35,41)(H,37,38);5-7,12,15,18H,3-4,8-11,13-14H2,1-2H3,(H,26,31)(H,28,29);2-4,11H,5H2,1H3. The van der Waals surface area contributed by atoms with Crippen molar-refractivity contribution >= 4 is 88.7 Å². The number of pyridine rings is 2. The van der Waals surface area contributed by atoms with E-state index in [0.717, 1.165) is 163 Å². The first-order valence-corrected chi connectivity index (χ1v) is 31.3. The van der Waals surface area contributed by atoms with E-state index >= 15 is 0 Å². The molecule has 8 aromatic rings. The van der Waals surface area contributed by atoms with Gasteiger partial charge in [-0.25, -0.2) is 28.1 Å². The van der Waals surface area contributed by atoms with Crippen LogP contribution in [0.4, 0.5) is 20.2 Å². The Morgan fingerprint density at radius 2 is 1.06 bits per heavy atom. The fourth-order valence-corrected chi connectivity index (χ4v) is 11.5. The highest BCUT2D eigenvalue weighted by Gasteiger charge is 2.25. The molecule has 2 fully saturated rings. The maximum absolute atomic E-state index is 13.6. The van der Waals surface area contributed by atoms with Crippen molar-refractivity contribution in [3.8, 4) is 0 Å². The van der Waals surface area contributed by atoms with Gasteiger partial charge >= 0.3 is 0 Å². The number of carbonyl (C=O) groups excluding carboxylic acids is 2.